The molecule has 29 heavy (non-hydrogen) atoms. The van der Waals surface area contributed by atoms with E-state index in [-0.39, 0.29) is 5.91 Å². The lowest BCUT2D eigenvalue weighted by molar-refractivity contribution is -0.128. The SMILES string of the molecule is Cc1ccc(C)c(-n2ccnc2SCC(=O)N2CCN(c3ccccn3)CC2)c1. The molecule has 0 N–H and O–H groups in total. The summed E-state index contributed by atoms with van der Waals surface area (Å²) in [5, 5.41) is 0.846. The van der Waals surface area contributed by atoms with Crippen molar-refractivity contribution < 1.29 is 4.79 Å². The summed E-state index contributed by atoms with van der Waals surface area (Å²) in [6.07, 6.45) is 5.56. The summed E-state index contributed by atoms with van der Waals surface area (Å²) >= 11 is 1.50. The highest BCUT2D eigenvalue weighted by molar-refractivity contribution is 7.99. The first-order chi connectivity index (χ1) is 14.1. The molecule has 3 heterocycles. The zero-order chi connectivity index (χ0) is 20.2. The zero-order valence-corrected chi connectivity index (χ0v) is 17.6. The second-order valence-corrected chi connectivity index (χ2v) is 8.16. The molecule has 1 amide bonds. The molecule has 4 rings (SSSR count). The van der Waals surface area contributed by atoms with Crippen LogP contribution in [0.3, 0.4) is 0 Å². The number of anilines is 1. The molecule has 150 valence electrons. The minimum absolute atomic E-state index is 0.159. The van der Waals surface area contributed by atoms with E-state index in [9.17, 15) is 4.79 Å². The summed E-state index contributed by atoms with van der Waals surface area (Å²) < 4.78 is 2.07. The van der Waals surface area contributed by atoms with Crippen LogP contribution < -0.4 is 4.90 Å². The van der Waals surface area contributed by atoms with Crippen LogP contribution in [0.4, 0.5) is 5.82 Å². The molecule has 1 aliphatic heterocycles. The maximum Gasteiger partial charge on any atom is 0.233 e. The number of thioether (sulfide) groups is 1. The number of carbonyl (C=O) groups excluding carboxylic acids is 1. The predicted molar refractivity (Wildman–Crippen MR) is 117 cm³/mol. The van der Waals surface area contributed by atoms with Gasteiger partial charge in [0.25, 0.3) is 0 Å². The van der Waals surface area contributed by atoms with Gasteiger partial charge in [-0.25, -0.2) is 9.97 Å². The zero-order valence-electron chi connectivity index (χ0n) is 16.8. The number of aromatic nitrogens is 3. The minimum Gasteiger partial charge on any atom is -0.353 e. The van der Waals surface area contributed by atoms with Crippen LogP contribution >= 0.6 is 11.8 Å². The lowest BCUT2D eigenvalue weighted by Crippen LogP contribution is -2.49. The average Bonchev–Trinajstić information content (AvgIpc) is 3.23. The van der Waals surface area contributed by atoms with Crippen molar-refractivity contribution in [1.82, 2.24) is 19.4 Å². The molecule has 0 radical (unpaired) electrons. The van der Waals surface area contributed by atoms with Crippen LogP contribution in [0.2, 0.25) is 0 Å². The highest BCUT2D eigenvalue weighted by Crippen LogP contribution is 2.24. The first-order valence-electron chi connectivity index (χ1n) is 9.79. The van der Waals surface area contributed by atoms with Crippen molar-refractivity contribution in [2.45, 2.75) is 19.0 Å². The number of hydrogen-bond acceptors (Lipinski definition) is 5. The standard InChI is InChI=1S/C22H25N5OS/c1-17-6-7-18(2)19(15-17)27-10-9-24-22(27)29-16-21(28)26-13-11-25(12-14-26)20-5-3-4-8-23-20/h3-10,15H,11-14,16H2,1-2H3. The van der Waals surface area contributed by atoms with Crippen molar-refractivity contribution in [3.63, 3.8) is 0 Å². The summed E-state index contributed by atoms with van der Waals surface area (Å²) in [5.41, 5.74) is 3.51. The molecular weight excluding hydrogens is 382 g/mol. The third-order valence-corrected chi connectivity index (χ3v) is 6.11. The number of pyridine rings is 1. The fourth-order valence-electron chi connectivity index (χ4n) is 3.50. The van der Waals surface area contributed by atoms with Gasteiger partial charge in [0, 0.05) is 44.8 Å². The number of rotatable bonds is 5. The second-order valence-electron chi connectivity index (χ2n) is 7.21. The molecule has 3 aromatic rings. The molecule has 0 bridgehead atoms. The van der Waals surface area contributed by atoms with Crippen molar-refractivity contribution in [1.29, 1.82) is 0 Å². The highest BCUT2D eigenvalue weighted by Gasteiger charge is 2.22. The van der Waals surface area contributed by atoms with Gasteiger partial charge in [0.05, 0.1) is 11.4 Å². The van der Waals surface area contributed by atoms with Crippen LogP contribution in [0.15, 0.2) is 60.1 Å². The molecule has 1 fully saturated rings. The minimum atomic E-state index is 0.159. The molecule has 1 aliphatic rings. The van der Waals surface area contributed by atoms with Gasteiger partial charge in [-0.1, -0.05) is 30.0 Å². The van der Waals surface area contributed by atoms with E-state index in [1.807, 2.05) is 35.5 Å². The van der Waals surface area contributed by atoms with Crippen molar-refractivity contribution in [2.75, 3.05) is 36.8 Å². The fourth-order valence-corrected chi connectivity index (χ4v) is 4.37. The molecule has 0 aliphatic carbocycles. The Morgan fingerprint density at radius 2 is 1.86 bits per heavy atom. The van der Waals surface area contributed by atoms with Gasteiger partial charge in [-0.2, -0.15) is 0 Å². The number of benzene rings is 1. The molecule has 0 saturated carbocycles. The monoisotopic (exact) mass is 407 g/mol. The van der Waals surface area contributed by atoms with Gasteiger partial charge in [0.1, 0.15) is 5.82 Å². The van der Waals surface area contributed by atoms with Gasteiger partial charge in [-0.05, 0) is 43.2 Å². The van der Waals surface area contributed by atoms with Gasteiger partial charge in [0.15, 0.2) is 5.16 Å². The lowest BCUT2D eigenvalue weighted by atomic mass is 10.1. The highest BCUT2D eigenvalue weighted by atomic mass is 32.2. The van der Waals surface area contributed by atoms with Crippen LogP contribution in [-0.2, 0) is 4.79 Å². The number of piperazine rings is 1. The Labute approximate surface area is 175 Å². The summed E-state index contributed by atoms with van der Waals surface area (Å²) in [4.78, 5) is 25.8. The summed E-state index contributed by atoms with van der Waals surface area (Å²) in [6, 6.07) is 12.3. The summed E-state index contributed by atoms with van der Waals surface area (Å²) in [5.74, 6) is 1.53. The molecule has 0 spiro atoms. The van der Waals surface area contributed by atoms with Gasteiger partial charge in [-0.3, -0.25) is 9.36 Å². The topological polar surface area (TPSA) is 54.3 Å². The molecule has 1 aromatic carbocycles. The second kappa shape index (κ2) is 8.69. The first-order valence-corrected chi connectivity index (χ1v) is 10.8. The van der Waals surface area contributed by atoms with Crippen molar-refractivity contribution >= 4 is 23.5 Å². The molecule has 7 heteroatoms. The van der Waals surface area contributed by atoms with Crippen LogP contribution in [-0.4, -0.2) is 57.3 Å². The van der Waals surface area contributed by atoms with Crippen molar-refractivity contribution in [3.05, 3.63) is 66.1 Å². The Morgan fingerprint density at radius 3 is 2.62 bits per heavy atom. The Hall–Kier alpha value is -2.80. The fraction of sp³-hybridized carbons (Fsp3) is 0.318. The van der Waals surface area contributed by atoms with E-state index in [2.05, 4.69) is 51.5 Å². The van der Waals surface area contributed by atoms with Crippen molar-refractivity contribution in [3.8, 4) is 5.69 Å². The molecule has 0 unspecified atom stereocenters. The van der Waals surface area contributed by atoms with Gasteiger partial charge in [-0.15, -0.1) is 0 Å². The Morgan fingerprint density at radius 1 is 1.03 bits per heavy atom. The maximum atomic E-state index is 12.7. The quantitative estimate of drug-likeness (QED) is 0.608. The largest absolute Gasteiger partial charge is 0.353 e. The van der Waals surface area contributed by atoms with Crippen molar-refractivity contribution in [2.24, 2.45) is 0 Å². The maximum absolute atomic E-state index is 12.7. The van der Waals surface area contributed by atoms with E-state index in [4.69, 9.17) is 0 Å². The van der Waals surface area contributed by atoms with Gasteiger partial charge in [0.2, 0.25) is 5.91 Å². The van der Waals surface area contributed by atoms with E-state index in [1.165, 1.54) is 22.9 Å². The number of nitrogens with zero attached hydrogens (tertiary/aromatic N) is 5. The van der Waals surface area contributed by atoms with Crippen LogP contribution in [0.1, 0.15) is 11.1 Å². The first kappa shape index (κ1) is 19.5. The Bertz CT molecular complexity index is 980. The van der Waals surface area contributed by atoms with E-state index in [0.29, 0.717) is 5.75 Å². The van der Waals surface area contributed by atoms with E-state index in [0.717, 1.165) is 42.8 Å². The van der Waals surface area contributed by atoms with E-state index < -0.39 is 0 Å². The molecule has 6 nitrogen and oxygen atoms in total. The van der Waals surface area contributed by atoms with E-state index in [1.54, 1.807) is 6.20 Å². The summed E-state index contributed by atoms with van der Waals surface area (Å²) in [6.45, 7) is 7.24. The number of imidazole rings is 1. The number of aryl methyl sites for hydroxylation is 2. The van der Waals surface area contributed by atoms with Gasteiger partial charge < -0.3 is 9.80 Å². The Kier molecular flexibility index (Phi) is 5.85. The number of hydrogen-bond donors (Lipinski definition) is 0. The van der Waals surface area contributed by atoms with Crippen LogP contribution in [0.5, 0.6) is 0 Å². The third-order valence-electron chi connectivity index (χ3n) is 5.16. The molecule has 1 saturated heterocycles. The lowest BCUT2D eigenvalue weighted by Gasteiger charge is -2.35. The average molecular weight is 408 g/mol. The summed E-state index contributed by atoms with van der Waals surface area (Å²) in [7, 11) is 0. The number of carbonyl (C=O) groups is 1. The number of amides is 1. The third kappa shape index (κ3) is 4.45. The molecular formula is C22H25N5OS. The van der Waals surface area contributed by atoms with Gasteiger partial charge >= 0.3 is 0 Å². The Balaban J connectivity index is 1.35. The van der Waals surface area contributed by atoms with E-state index >= 15 is 0 Å². The molecule has 0 atom stereocenters. The molecule has 2 aromatic heterocycles. The smallest absolute Gasteiger partial charge is 0.233 e. The predicted octanol–water partition coefficient (Wildman–Crippen LogP) is 3.33. The van der Waals surface area contributed by atoms with Crippen LogP contribution in [0, 0.1) is 13.8 Å². The normalized spacial score (nSPS) is 14.3. The van der Waals surface area contributed by atoms with Crippen LogP contribution in [0.25, 0.3) is 5.69 Å².